The number of hydrogen-bond acceptors (Lipinski definition) is 4. The highest BCUT2D eigenvalue weighted by Gasteiger charge is 2.42. The Morgan fingerprint density at radius 1 is 0.617 bits per heavy atom. The molecular weight excluding hydrogens is 615 g/mol. The fraction of sp³-hybridized carbons (Fsp3) is 1.00. The van der Waals surface area contributed by atoms with Crippen molar-refractivity contribution in [1.82, 2.24) is 4.90 Å². The summed E-state index contributed by atoms with van der Waals surface area (Å²) in [5.41, 5.74) is 2.93. The lowest BCUT2D eigenvalue weighted by Crippen LogP contribution is -2.50. The van der Waals surface area contributed by atoms with Crippen LogP contribution in [0.2, 0.25) is 0 Å². The molecule has 0 unspecified atom stereocenters. The summed E-state index contributed by atoms with van der Waals surface area (Å²) in [5.74, 6) is 6.42. The number of nitrogens with zero attached hydrogens (tertiary/aromatic N) is 1. The van der Waals surface area contributed by atoms with Crippen LogP contribution in [-0.2, 0) is 15.5 Å². The second kappa shape index (κ2) is 18.3. The molecule has 5 heteroatoms. The van der Waals surface area contributed by atoms with E-state index in [1.807, 2.05) is 0 Å². The first-order valence-corrected chi connectivity index (χ1v) is 22.4. The molecule has 5 fully saturated rings. The molecule has 0 amide bonds. The maximum atomic E-state index is 11.0. The van der Waals surface area contributed by atoms with Crippen molar-refractivity contribution in [2.45, 2.75) is 174 Å². The minimum Gasteiger partial charge on any atom is -0.381 e. The number of likely N-dealkylation sites (tertiary alicyclic amines) is 1. The van der Waals surface area contributed by atoms with Gasteiger partial charge in [-0.15, -0.1) is 0 Å². The SMILES string of the molecule is CC(C)(C)C1(C)CCN(C2CCC2)CC1.CC(C)(C)C1(C)CCOCC1.CC(C)(C)C1CCS(=O)CC1.CC(C)(C)C1CCSCC1. The molecule has 0 aromatic heterocycles. The Labute approximate surface area is 302 Å². The zero-order valence-electron chi connectivity index (χ0n) is 34.2. The van der Waals surface area contributed by atoms with Gasteiger partial charge in [-0.25, -0.2) is 0 Å². The maximum absolute atomic E-state index is 11.0. The summed E-state index contributed by atoms with van der Waals surface area (Å²) in [7, 11) is -0.496. The third kappa shape index (κ3) is 14.2. The highest BCUT2D eigenvalue weighted by atomic mass is 32.2. The van der Waals surface area contributed by atoms with Crippen LogP contribution in [0.15, 0.2) is 0 Å². The van der Waals surface area contributed by atoms with E-state index in [0.717, 1.165) is 55.4 Å². The Morgan fingerprint density at radius 3 is 1.34 bits per heavy atom. The van der Waals surface area contributed by atoms with Gasteiger partial charge in [0, 0.05) is 41.6 Å². The van der Waals surface area contributed by atoms with E-state index in [1.54, 1.807) is 0 Å². The molecular formula is C42H83NO2S2. The second-order valence-electron chi connectivity index (χ2n) is 20.6. The topological polar surface area (TPSA) is 29.5 Å². The molecule has 47 heavy (non-hydrogen) atoms. The number of rotatable bonds is 1. The van der Waals surface area contributed by atoms with Gasteiger partial charge in [0.05, 0.1) is 0 Å². The van der Waals surface area contributed by atoms with E-state index in [9.17, 15) is 4.21 Å². The van der Waals surface area contributed by atoms with Crippen molar-refractivity contribution in [3.8, 4) is 0 Å². The Hall–Kier alpha value is 0.420. The number of ether oxygens (including phenoxy) is 1. The molecule has 4 saturated heterocycles. The Kier molecular flexibility index (Phi) is 16.9. The molecule has 0 aromatic carbocycles. The molecule has 0 spiro atoms. The van der Waals surface area contributed by atoms with Crippen molar-refractivity contribution in [2.75, 3.05) is 49.3 Å². The molecule has 4 heterocycles. The predicted octanol–water partition coefficient (Wildman–Crippen LogP) is 11.9. The van der Waals surface area contributed by atoms with Crippen LogP contribution in [-0.4, -0.2) is 64.5 Å². The zero-order valence-corrected chi connectivity index (χ0v) is 35.9. The van der Waals surface area contributed by atoms with Gasteiger partial charge in [-0.3, -0.25) is 4.21 Å². The van der Waals surface area contributed by atoms with Crippen LogP contribution in [0.1, 0.15) is 168 Å². The Balaban J connectivity index is 0.000000221. The van der Waals surface area contributed by atoms with E-state index >= 15 is 0 Å². The molecule has 5 aliphatic rings. The summed E-state index contributed by atoms with van der Waals surface area (Å²) in [4.78, 5) is 2.75. The lowest BCUT2D eigenvalue weighted by atomic mass is 9.62. The minimum absolute atomic E-state index is 0.421. The van der Waals surface area contributed by atoms with Crippen LogP contribution in [0.4, 0.5) is 0 Å². The van der Waals surface area contributed by atoms with Gasteiger partial charge in [-0.2, -0.15) is 11.8 Å². The second-order valence-corrected chi connectivity index (χ2v) is 23.5. The summed E-state index contributed by atoms with van der Waals surface area (Å²) < 4.78 is 16.4. The van der Waals surface area contributed by atoms with Gasteiger partial charge in [0.25, 0.3) is 0 Å². The molecule has 0 atom stereocenters. The van der Waals surface area contributed by atoms with Crippen LogP contribution < -0.4 is 0 Å². The largest absolute Gasteiger partial charge is 0.381 e. The fourth-order valence-electron chi connectivity index (χ4n) is 7.68. The number of hydrogen-bond donors (Lipinski definition) is 0. The molecule has 0 bridgehead atoms. The summed E-state index contributed by atoms with van der Waals surface area (Å²) >= 11 is 2.11. The molecule has 5 rings (SSSR count). The molecule has 0 aromatic rings. The lowest BCUT2D eigenvalue weighted by Gasteiger charge is -2.50. The van der Waals surface area contributed by atoms with Crippen LogP contribution in [0, 0.1) is 44.3 Å². The average Bonchev–Trinajstić information content (AvgIpc) is 2.94. The zero-order chi connectivity index (χ0) is 35.7. The van der Waals surface area contributed by atoms with Crippen LogP contribution in [0.3, 0.4) is 0 Å². The van der Waals surface area contributed by atoms with Gasteiger partial charge in [0.15, 0.2) is 0 Å². The van der Waals surface area contributed by atoms with E-state index in [4.69, 9.17) is 4.74 Å². The van der Waals surface area contributed by atoms with Gasteiger partial charge in [-0.1, -0.05) is 103 Å². The Bertz CT molecular complexity index is 885. The summed E-state index contributed by atoms with van der Waals surface area (Å²) in [6.07, 6.45) is 14.8. The normalized spacial score (nSPS) is 27.9. The molecule has 3 nitrogen and oxygen atoms in total. The van der Waals surface area contributed by atoms with Crippen LogP contribution in [0.5, 0.6) is 0 Å². The number of piperidine rings is 1. The monoisotopic (exact) mass is 698 g/mol. The maximum Gasteiger partial charge on any atom is 0.0471 e. The van der Waals surface area contributed by atoms with Gasteiger partial charge in [0.1, 0.15) is 0 Å². The van der Waals surface area contributed by atoms with E-state index < -0.39 is 10.8 Å². The Morgan fingerprint density at radius 2 is 1.02 bits per heavy atom. The smallest absolute Gasteiger partial charge is 0.0471 e. The van der Waals surface area contributed by atoms with Crippen molar-refractivity contribution in [1.29, 1.82) is 0 Å². The quantitative estimate of drug-likeness (QED) is 0.273. The molecule has 1 saturated carbocycles. The van der Waals surface area contributed by atoms with Gasteiger partial charge >= 0.3 is 0 Å². The van der Waals surface area contributed by atoms with Crippen molar-refractivity contribution in [2.24, 2.45) is 44.3 Å². The fourth-order valence-corrected chi connectivity index (χ4v) is 10.1. The third-order valence-electron chi connectivity index (χ3n) is 13.8. The van der Waals surface area contributed by atoms with Crippen LogP contribution in [0.25, 0.3) is 0 Å². The van der Waals surface area contributed by atoms with Crippen molar-refractivity contribution in [3.05, 3.63) is 0 Å². The van der Waals surface area contributed by atoms with Crippen molar-refractivity contribution in [3.63, 3.8) is 0 Å². The van der Waals surface area contributed by atoms with Crippen molar-refractivity contribution >= 4 is 22.6 Å². The lowest BCUT2D eigenvalue weighted by molar-refractivity contribution is -0.0342. The first-order chi connectivity index (χ1) is 21.5. The number of thioether (sulfide) groups is 1. The summed E-state index contributed by atoms with van der Waals surface area (Å²) in [5, 5.41) is 0. The highest BCUT2D eigenvalue weighted by Crippen LogP contribution is 2.48. The summed E-state index contributed by atoms with van der Waals surface area (Å²) in [6, 6.07) is 0.953. The minimum atomic E-state index is -0.496. The van der Waals surface area contributed by atoms with Gasteiger partial charge < -0.3 is 9.64 Å². The highest BCUT2D eigenvalue weighted by molar-refractivity contribution is 7.99. The molecule has 0 radical (unpaired) electrons. The van der Waals surface area contributed by atoms with Crippen molar-refractivity contribution < 1.29 is 8.95 Å². The first-order valence-electron chi connectivity index (χ1n) is 19.7. The first kappa shape index (κ1) is 43.6. The van der Waals surface area contributed by atoms with E-state index in [-0.39, 0.29) is 0 Å². The predicted molar refractivity (Wildman–Crippen MR) is 213 cm³/mol. The molecule has 4 aliphatic heterocycles. The molecule has 1 aliphatic carbocycles. The van der Waals surface area contributed by atoms with E-state index in [1.165, 1.54) is 82.4 Å². The van der Waals surface area contributed by atoms with Crippen LogP contribution >= 0.6 is 11.8 Å². The average molecular weight is 698 g/mol. The van der Waals surface area contributed by atoms with Gasteiger partial charge in [0.2, 0.25) is 0 Å². The van der Waals surface area contributed by atoms with E-state index in [0.29, 0.717) is 32.5 Å². The standard InChI is InChI=1S/C14H27N.C10H20O.C9H18OS.C9H18S/c1-13(2,3)14(4)8-10-15(11-9-14)12-6-5-7-12;1-9(2,3)10(4)5-7-11-8-6-10;1-9(2,3)8-4-6-11(10)7-5-8;1-9(2,3)8-4-6-10-7-5-8/h12H,5-11H2,1-4H3;5-8H2,1-4H3;8H,4-7H2,1-3H3;8H,4-7H2,1-3H3. The molecule has 0 N–H and O–H groups in total. The third-order valence-corrected chi connectivity index (χ3v) is 16.2. The summed E-state index contributed by atoms with van der Waals surface area (Å²) in [6.45, 7) is 37.6. The van der Waals surface area contributed by atoms with E-state index in [2.05, 4.69) is 114 Å². The van der Waals surface area contributed by atoms with Gasteiger partial charge in [-0.05, 0) is 133 Å². The molecule has 280 valence electrons.